The third-order valence-electron chi connectivity index (χ3n) is 6.24. The van der Waals surface area contributed by atoms with Crippen LogP contribution in [0.3, 0.4) is 0 Å². The van der Waals surface area contributed by atoms with E-state index in [2.05, 4.69) is 4.90 Å². The zero-order chi connectivity index (χ0) is 18.4. The highest BCUT2D eigenvalue weighted by molar-refractivity contribution is 5.78. The third-order valence-corrected chi connectivity index (χ3v) is 6.24. The number of benzene rings is 1. The van der Waals surface area contributed by atoms with Crippen molar-refractivity contribution in [2.24, 2.45) is 5.92 Å². The zero-order valence-electron chi connectivity index (χ0n) is 15.3. The maximum atomic E-state index is 14.5. The van der Waals surface area contributed by atoms with Crippen molar-refractivity contribution in [3.63, 3.8) is 0 Å². The van der Waals surface area contributed by atoms with Crippen LogP contribution in [0.4, 0.5) is 8.78 Å². The Morgan fingerprint density at radius 2 is 1.96 bits per heavy atom. The number of piperidine rings is 3. The van der Waals surface area contributed by atoms with Crippen LogP contribution in [0.2, 0.25) is 0 Å². The molecule has 4 nitrogen and oxygen atoms in total. The Bertz CT molecular complexity index is 688. The highest BCUT2D eigenvalue weighted by Gasteiger charge is 2.55. The Hall–Kier alpha value is -1.53. The summed E-state index contributed by atoms with van der Waals surface area (Å²) < 4.78 is 33.9. The molecule has 0 spiro atoms. The summed E-state index contributed by atoms with van der Waals surface area (Å²) >= 11 is 0. The van der Waals surface area contributed by atoms with Gasteiger partial charge in [-0.25, -0.2) is 8.78 Å². The van der Waals surface area contributed by atoms with Gasteiger partial charge >= 0.3 is 0 Å². The first-order valence-corrected chi connectivity index (χ1v) is 9.56. The topological polar surface area (TPSA) is 32.8 Å². The summed E-state index contributed by atoms with van der Waals surface area (Å²) in [6.45, 7) is 6.24. The fourth-order valence-corrected chi connectivity index (χ4v) is 5.11. The first kappa shape index (κ1) is 17.9. The number of amides is 1. The molecular weight excluding hydrogens is 338 g/mol. The van der Waals surface area contributed by atoms with E-state index < -0.39 is 11.6 Å². The molecule has 6 heteroatoms. The Balaban J connectivity index is 1.66. The largest absolute Gasteiger partial charge is 0.369 e. The van der Waals surface area contributed by atoms with Gasteiger partial charge in [-0.15, -0.1) is 0 Å². The predicted octanol–water partition coefficient (Wildman–Crippen LogP) is 2.78. The molecule has 2 bridgehead atoms. The molecule has 5 rings (SSSR count). The van der Waals surface area contributed by atoms with Crippen LogP contribution in [-0.4, -0.2) is 60.1 Å². The number of carbonyl (C=O) groups excluding carboxylic acids is 1. The lowest BCUT2D eigenvalue weighted by Gasteiger charge is -2.51. The average molecular weight is 364 g/mol. The van der Waals surface area contributed by atoms with Crippen molar-refractivity contribution in [3.8, 4) is 0 Å². The van der Waals surface area contributed by atoms with Crippen molar-refractivity contribution >= 4 is 5.91 Å². The molecule has 4 saturated heterocycles. The summed E-state index contributed by atoms with van der Waals surface area (Å²) in [5.74, 6) is -1.38. The van der Waals surface area contributed by atoms with Gasteiger partial charge in [-0.3, -0.25) is 9.69 Å². The maximum absolute atomic E-state index is 14.5. The average Bonchev–Trinajstić information content (AvgIpc) is 3.05. The van der Waals surface area contributed by atoms with E-state index in [-0.39, 0.29) is 36.6 Å². The van der Waals surface area contributed by atoms with E-state index in [1.165, 1.54) is 0 Å². The number of carbonyl (C=O) groups is 1. The molecule has 0 radical (unpaired) electrons. The molecule has 26 heavy (non-hydrogen) atoms. The molecule has 1 amide bonds. The van der Waals surface area contributed by atoms with Gasteiger partial charge in [0.05, 0.1) is 12.1 Å². The molecule has 0 saturated carbocycles. The van der Waals surface area contributed by atoms with E-state index >= 15 is 0 Å². The Kier molecular flexibility index (Phi) is 4.73. The number of fused-ring (bicyclic) bond motifs is 2. The minimum Gasteiger partial charge on any atom is -0.369 e. The van der Waals surface area contributed by atoms with Gasteiger partial charge in [-0.2, -0.15) is 0 Å². The highest BCUT2D eigenvalue weighted by Crippen LogP contribution is 2.47. The van der Waals surface area contributed by atoms with E-state index in [1.54, 1.807) is 12.1 Å². The molecule has 1 aromatic carbocycles. The smallest absolute Gasteiger partial charge is 0.248 e. The Morgan fingerprint density at radius 3 is 2.65 bits per heavy atom. The normalized spacial score (nSPS) is 33.0. The van der Waals surface area contributed by atoms with Crippen LogP contribution in [-0.2, 0) is 9.53 Å². The van der Waals surface area contributed by atoms with E-state index in [0.717, 1.165) is 32.0 Å². The molecule has 4 aliphatic rings. The Morgan fingerprint density at radius 1 is 1.23 bits per heavy atom. The number of hydrogen-bond acceptors (Lipinski definition) is 3. The molecule has 1 aromatic rings. The summed E-state index contributed by atoms with van der Waals surface area (Å²) in [7, 11) is 0. The van der Waals surface area contributed by atoms with Crippen molar-refractivity contribution in [2.75, 3.05) is 26.2 Å². The van der Waals surface area contributed by atoms with Crippen LogP contribution in [0, 0.1) is 17.6 Å². The zero-order valence-corrected chi connectivity index (χ0v) is 15.3. The van der Waals surface area contributed by atoms with Gasteiger partial charge in [-0.1, -0.05) is 12.1 Å². The van der Waals surface area contributed by atoms with Crippen molar-refractivity contribution in [3.05, 3.63) is 35.4 Å². The lowest BCUT2D eigenvalue weighted by atomic mass is 9.75. The molecule has 0 N–H and O–H groups in total. The summed E-state index contributed by atoms with van der Waals surface area (Å²) in [5.41, 5.74) is 0.396. The van der Waals surface area contributed by atoms with Gasteiger partial charge < -0.3 is 9.64 Å². The van der Waals surface area contributed by atoms with Gasteiger partial charge in [0.15, 0.2) is 11.6 Å². The third kappa shape index (κ3) is 2.93. The quantitative estimate of drug-likeness (QED) is 0.824. The summed E-state index contributed by atoms with van der Waals surface area (Å²) in [6, 6.07) is 4.53. The molecule has 0 aromatic heterocycles. The Labute approximate surface area is 153 Å². The standard InChI is InChI=1S/C20H26F2N2O2/c1-12(2)26-11-17(25)24-10-15(14-4-3-5-16(21)18(14)22)20-19(24)13-6-8-23(20)9-7-13/h3-5,12-13,15,19-20H,6-11H2,1-2H3/t15-,19+,20+/m0/s1. The molecule has 0 unspecified atom stereocenters. The first-order chi connectivity index (χ1) is 12.5. The van der Waals surface area contributed by atoms with E-state index in [1.807, 2.05) is 18.7 Å². The SMILES string of the molecule is CC(C)OCC(=O)N1C[C@@H](c2cccc(F)c2F)[C@@H]2[C@H]1C1CCN2CC1. The number of nitrogens with zero attached hydrogens (tertiary/aromatic N) is 2. The predicted molar refractivity (Wildman–Crippen MR) is 93.8 cm³/mol. The van der Waals surface area contributed by atoms with E-state index in [0.29, 0.717) is 18.0 Å². The van der Waals surface area contributed by atoms with Crippen molar-refractivity contribution in [1.29, 1.82) is 0 Å². The molecule has 0 aliphatic carbocycles. The van der Waals surface area contributed by atoms with Crippen molar-refractivity contribution in [1.82, 2.24) is 9.80 Å². The molecule has 4 aliphatic heterocycles. The fourth-order valence-electron chi connectivity index (χ4n) is 5.11. The molecular formula is C20H26F2N2O2. The van der Waals surface area contributed by atoms with Crippen LogP contribution in [0.1, 0.15) is 38.2 Å². The second kappa shape index (κ2) is 6.89. The van der Waals surface area contributed by atoms with E-state index in [4.69, 9.17) is 4.74 Å². The lowest BCUT2D eigenvalue weighted by molar-refractivity contribution is -0.142. The second-order valence-corrected chi connectivity index (χ2v) is 8.01. The monoisotopic (exact) mass is 364 g/mol. The van der Waals surface area contributed by atoms with Gasteiger partial charge in [0, 0.05) is 18.5 Å². The van der Waals surface area contributed by atoms with Crippen LogP contribution < -0.4 is 0 Å². The summed E-state index contributed by atoms with van der Waals surface area (Å²) in [4.78, 5) is 17.1. The number of hydrogen-bond donors (Lipinski definition) is 0. The lowest BCUT2D eigenvalue weighted by Crippen LogP contribution is -2.61. The van der Waals surface area contributed by atoms with Crippen molar-refractivity contribution < 1.29 is 18.3 Å². The minimum atomic E-state index is -0.817. The maximum Gasteiger partial charge on any atom is 0.248 e. The van der Waals surface area contributed by atoms with Gasteiger partial charge in [0.25, 0.3) is 0 Å². The van der Waals surface area contributed by atoms with Crippen LogP contribution >= 0.6 is 0 Å². The number of ether oxygens (including phenoxy) is 1. The van der Waals surface area contributed by atoms with Crippen LogP contribution in [0.15, 0.2) is 18.2 Å². The minimum absolute atomic E-state index is 0.0135. The number of halogens is 2. The van der Waals surface area contributed by atoms with Crippen LogP contribution in [0.5, 0.6) is 0 Å². The van der Waals surface area contributed by atoms with Gasteiger partial charge in [0.2, 0.25) is 5.91 Å². The van der Waals surface area contributed by atoms with Gasteiger partial charge in [-0.05, 0) is 57.3 Å². The first-order valence-electron chi connectivity index (χ1n) is 9.56. The second-order valence-electron chi connectivity index (χ2n) is 8.01. The van der Waals surface area contributed by atoms with Crippen molar-refractivity contribution in [2.45, 2.75) is 50.8 Å². The fraction of sp³-hybridized carbons (Fsp3) is 0.650. The van der Waals surface area contributed by atoms with Crippen LogP contribution in [0.25, 0.3) is 0 Å². The molecule has 3 atom stereocenters. The summed E-state index contributed by atoms with van der Waals surface area (Å²) in [6.07, 6.45) is 2.11. The molecule has 4 fully saturated rings. The van der Waals surface area contributed by atoms with E-state index in [9.17, 15) is 13.6 Å². The number of likely N-dealkylation sites (tertiary alicyclic amines) is 1. The van der Waals surface area contributed by atoms with Gasteiger partial charge in [0.1, 0.15) is 6.61 Å². The molecule has 142 valence electrons. The number of rotatable bonds is 4. The molecule has 4 heterocycles. The highest BCUT2D eigenvalue weighted by atomic mass is 19.2. The summed E-state index contributed by atoms with van der Waals surface area (Å²) in [5, 5.41) is 0.